The number of anilines is 1. The summed E-state index contributed by atoms with van der Waals surface area (Å²) in [6.07, 6.45) is 1.71. The van der Waals surface area contributed by atoms with Gasteiger partial charge in [0.1, 0.15) is 16.3 Å². The number of pyridine rings is 1. The molecule has 3 aromatic rings. The second kappa shape index (κ2) is 5.78. The highest BCUT2D eigenvalue weighted by Gasteiger charge is 2.23. The first-order valence-electron chi connectivity index (χ1n) is 6.15. The van der Waals surface area contributed by atoms with Crippen LogP contribution in [-0.2, 0) is 0 Å². The van der Waals surface area contributed by atoms with Crippen molar-refractivity contribution in [3.8, 4) is 11.5 Å². The number of nitrogens with one attached hydrogen (secondary N) is 1. The molecule has 8 heteroatoms. The molecular weight excluding hydrogens is 306 g/mol. The van der Waals surface area contributed by atoms with E-state index in [0.29, 0.717) is 5.76 Å². The zero-order valence-corrected chi connectivity index (χ0v) is 11.8. The van der Waals surface area contributed by atoms with Gasteiger partial charge in [-0.2, -0.15) is 0 Å². The predicted octanol–water partition coefficient (Wildman–Crippen LogP) is 3.12. The van der Waals surface area contributed by atoms with Gasteiger partial charge in [-0.05, 0) is 24.3 Å². The third-order valence-corrected chi connectivity index (χ3v) is 3.67. The van der Waals surface area contributed by atoms with Gasteiger partial charge in [0.2, 0.25) is 5.78 Å². The van der Waals surface area contributed by atoms with Gasteiger partial charge >= 0.3 is 6.09 Å². The Morgan fingerprint density at radius 1 is 1.23 bits per heavy atom. The van der Waals surface area contributed by atoms with E-state index in [2.05, 4.69) is 15.3 Å². The van der Waals surface area contributed by atoms with Crippen LogP contribution in [0.2, 0.25) is 0 Å². The molecule has 0 bridgehead atoms. The Bertz CT molecular complexity index is 812. The average molecular weight is 315 g/mol. The second-order valence-corrected chi connectivity index (χ2v) is 5.15. The van der Waals surface area contributed by atoms with Gasteiger partial charge in [0.15, 0.2) is 10.9 Å². The van der Waals surface area contributed by atoms with Crippen molar-refractivity contribution in [2.45, 2.75) is 0 Å². The molecule has 3 heterocycles. The number of carbonyl (C=O) groups is 2. The number of ketones is 1. The molecule has 0 fully saturated rings. The van der Waals surface area contributed by atoms with Crippen LogP contribution < -0.4 is 5.32 Å². The minimum atomic E-state index is -1.25. The van der Waals surface area contributed by atoms with Gasteiger partial charge in [0.25, 0.3) is 0 Å². The van der Waals surface area contributed by atoms with Crippen LogP contribution in [-0.4, -0.2) is 27.0 Å². The molecule has 3 aromatic heterocycles. The normalized spacial score (nSPS) is 10.4. The Morgan fingerprint density at radius 2 is 2.09 bits per heavy atom. The lowest BCUT2D eigenvalue weighted by Crippen LogP contribution is -2.06. The van der Waals surface area contributed by atoms with E-state index in [1.54, 1.807) is 30.3 Å². The number of rotatable bonds is 4. The van der Waals surface area contributed by atoms with Crippen molar-refractivity contribution in [3.63, 3.8) is 0 Å². The van der Waals surface area contributed by atoms with Crippen molar-refractivity contribution in [1.82, 2.24) is 9.97 Å². The highest BCUT2D eigenvalue weighted by Crippen LogP contribution is 2.32. The average Bonchev–Trinajstić information content (AvgIpc) is 3.15. The summed E-state index contributed by atoms with van der Waals surface area (Å²) >= 11 is 0.936. The van der Waals surface area contributed by atoms with Gasteiger partial charge < -0.3 is 9.52 Å². The molecule has 22 heavy (non-hydrogen) atoms. The maximum absolute atomic E-state index is 12.6. The molecule has 0 spiro atoms. The molecule has 0 aliphatic carbocycles. The van der Waals surface area contributed by atoms with E-state index in [-0.39, 0.29) is 27.2 Å². The Balaban J connectivity index is 2.07. The molecule has 0 aromatic carbocycles. The number of amides is 1. The molecule has 2 N–H and O–H groups in total. The summed E-state index contributed by atoms with van der Waals surface area (Å²) < 4.78 is 5.26. The van der Waals surface area contributed by atoms with Gasteiger partial charge in [-0.3, -0.25) is 15.1 Å². The van der Waals surface area contributed by atoms with Crippen LogP contribution in [0.15, 0.2) is 47.2 Å². The van der Waals surface area contributed by atoms with Crippen LogP contribution in [0, 0.1) is 0 Å². The third kappa shape index (κ3) is 2.72. The van der Waals surface area contributed by atoms with Gasteiger partial charge in [0.05, 0.1) is 6.26 Å². The Kier molecular flexibility index (Phi) is 3.67. The standard InChI is InChI=1S/C14H9N3O4S/c18-11(8-4-1-2-6-15-8)12-10(9-5-3-7-21-9)16-13(22-12)17-14(19)20/h1-7H,(H,16,17)(H,19,20). The van der Waals surface area contributed by atoms with Crippen molar-refractivity contribution in [2.75, 3.05) is 5.32 Å². The van der Waals surface area contributed by atoms with Crippen molar-refractivity contribution in [3.05, 3.63) is 53.4 Å². The number of furan rings is 1. The molecule has 0 unspecified atom stereocenters. The number of aromatic nitrogens is 2. The lowest BCUT2D eigenvalue weighted by Gasteiger charge is -1.98. The fourth-order valence-corrected chi connectivity index (χ4v) is 2.72. The molecule has 0 aliphatic heterocycles. The van der Waals surface area contributed by atoms with E-state index in [9.17, 15) is 9.59 Å². The number of carboxylic acid groups (broad SMARTS) is 1. The Morgan fingerprint density at radius 3 is 2.73 bits per heavy atom. The van der Waals surface area contributed by atoms with Gasteiger partial charge in [-0.1, -0.05) is 17.4 Å². The van der Waals surface area contributed by atoms with E-state index < -0.39 is 6.09 Å². The molecule has 110 valence electrons. The lowest BCUT2D eigenvalue weighted by molar-refractivity contribution is 0.103. The quantitative estimate of drug-likeness (QED) is 0.717. The molecule has 0 atom stereocenters. The largest absolute Gasteiger partial charge is 0.465 e. The summed E-state index contributed by atoms with van der Waals surface area (Å²) in [6, 6.07) is 8.29. The Labute approximate surface area is 128 Å². The Hall–Kier alpha value is -3.00. The number of carbonyl (C=O) groups excluding carboxylic acids is 1. The summed E-state index contributed by atoms with van der Waals surface area (Å²) in [5, 5.41) is 11.0. The number of nitrogens with zero attached hydrogens (tertiary/aromatic N) is 2. The molecular formula is C14H9N3O4S. The van der Waals surface area contributed by atoms with E-state index in [4.69, 9.17) is 9.52 Å². The first-order valence-corrected chi connectivity index (χ1v) is 6.97. The van der Waals surface area contributed by atoms with E-state index in [1.807, 2.05) is 0 Å². The van der Waals surface area contributed by atoms with E-state index >= 15 is 0 Å². The molecule has 0 aliphatic rings. The van der Waals surface area contributed by atoms with Crippen molar-refractivity contribution < 1.29 is 19.1 Å². The fraction of sp³-hybridized carbons (Fsp3) is 0. The van der Waals surface area contributed by atoms with Gasteiger partial charge in [-0.25, -0.2) is 9.78 Å². The second-order valence-electron chi connectivity index (χ2n) is 4.15. The monoisotopic (exact) mass is 315 g/mol. The third-order valence-electron chi connectivity index (χ3n) is 2.70. The van der Waals surface area contributed by atoms with Crippen LogP contribution >= 0.6 is 11.3 Å². The summed E-state index contributed by atoms with van der Waals surface area (Å²) in [6.45, 7) is 0. The predicted molar refractivity (Wildman–Crippen MR) is 79.1 cm³/mol. The number of hydrogen-bond acceptors (Lipinski definition) is 6. The van der Waals surface area contributed by atoms with Gasteiger partial charge in [0, 0.05) is 6.20 Å². The van der Waals surface area contributed by atoms with Crippen LogP contribution in [0.3, 0.4) is 0 Å². The van der Waals surface area contributed by atoms with E-state index in [1.165, 1.54) is 12.5 Å². The zero-order chi connectivity index (χ0) is 15.5. The fourth-order valence-electron chi connectivity index (χ4n) is 1.81. The van der Waals surface area contributed by atoms with Gasteiger partial charge in [-0.15, -0.1) is 0 Å². The summed E-state index contributed by atoms with van der Waals surface area (Å²) in [5.41, 5.74) is 0.537. The SMILES string of the molecule is O=C(O)Nc1nc(-c2ccco2)c(C(=O)c2ccccn2)s1. The van der Waals surface area contributed by atoms with Crippen molar-refractivity contribution in [1.29, 1.82) is 0 Å². The molecule has 3 rings (SSSR count). The molecule has 0 saturated heterocycles. The summed E-state index contributed by atoms with van der Waals surface area (Å²) in [5.74, 6) is 0.0388. The first-order chi connectivity index (χ1) is 10.6. The highest BCUT2D eigenvalue weighted by atomic mass is 32.1. The maximum Gasteiger partial charge on any atom is 0.410 e. The molecule has 1 amide bonds. The van der Waals surface area contributed by atoms with Crippen LogP contribution in [0.5, 0.6) is 0 Å². The molecule has 0 saturated carbocycles. The number of thiazole rings is 1. The maximum atomic E-state index is 12.6. The summed E-state index contributed by atoms with van der Waals surface area (Å²) in [7, 11) is 0. The smallest absolute Gasteiger partial charge is 0.410 e. The molecule has 7 nitrogen and oxygen atoms in total. The topological polar surface area (TPSA) is 105 Å². The minimum absolute atomic E-state index is 0.0955. The van der Waals surface area contributed by atoms with Crippen LogP contribution in [0.4, 0.5) is 9.93 Å². The first kappa shape index (κ1) is 14.0. The highest BCUT2D eigenvalue weighted by molar-refractivity contribution is 7.18. The lowest BCUT2D eigenvalue weighted by atomic mass is 10.1. The number of hydrogen-bond donors (Lipinski definition) is 2. The van der Waals surface area contributed by atoms with Crippen LogP contribution in [0.1, 0.15) is 15.4 Å². The minimum Gasteiger partial charge on any atom is -0.465 e. The zero-order valence-electron chi connectivity index (χ0n) is 11.0. The van der Waals surface area contributed by atoms with Crippen LogP contribution in [0.25, 0.3) is 11.5 Å². The summed E-state index contributed by atoms with van der Waals surface area (Å²) in [4.78, 5) is 31.7. The van der Waals surface area contributed by atoms with E-state index in [0.717, 1.165) is 11.3 Å². The van der Waals surface area contributed by atoms with Crippen molar-refractivity contribution in [2.24, 2.45) is 0 Å². The molecule has 0 radical (unpaired) electrons. The van der Waals surface area contributed by atoms with Crippen molar-refractivity contribution >= 4 is 28.3 Å².